The molecule has 1 atom stereocenters. The summed E-state index contributed by atoms with van der Waals surface area (Å²) < 4.78 is 5.77. The molecule has 1 aromatic carbocycles. The number of hydrogen-bond donors (Lipinski definition) is 1. The molecule has 1 aliphatic heterocycles. The molecule has 0 aliphatic carbocycles. The van der Waals surface area contributed by atoms with E-state index in [0.29, 0.717) is 29.7 Å². The van der Waals surface area contributed by atoms with Crippen molar-refractivity contribution in [1.29, 1.82) is 0 Å². The first-order valence-electron chi connectivity index (χ1n) is 7.52. The van der Waals surface area contributed by atoms with Gasteiger partial charge in [0.2, 0.25) is 0 Å². The van der Waals surface area contributed by atoms with Gasteiger partial charge in [0.1, 0.15) is 11.5 Å². The van der Waals surface area contributed by atoms with Crippen LogP contribution in [0.15, 0.2) is 54.9 Å². The third-order valence-electron chi connectivity index (χ3n) is 3.73. The van der Waals surface area contributed by atoms with E-state index in [0.717, 1.165) is 12.0 Å². The van der Waals surface area contributed by atoms with Gasteiger partial charge in [-0.25, -0.2) is 4.79 Å². The van der Waals surface area contributed by atoms with E-state index in [2.05, 4.69) is 4.98 Å². The number of amides is 1. The van der Waals surface area contributed by atoms with E-state index in [4.69, 9.17) is 4.74 Å². The quantitative estimate of drug-likeness (QED) is 0.921. The summed E-state index contributed by atoms with van der Waals surface area (Å²) >= 11 is 0. The predicted octanol–water partition coefficient (Wildman–Crippen LogP) is 4.23. The van der Waals surface area contributed by atoms with Gasteiger partial charge in [0.15, 0.2) is 0 Å². The standard InChI is InChI=1S/C18H18N2O3/c1-13-7-8-17(20(12-13)18(21)22)14-4-2-5-15(10-14)23-16-6-3-9-19-11-16/h2-6,8-11,13H,7,12H2,1H3,(H,21,22)/t13-/m0/s1. The lowest BCUT2D eigenvalue weighted by atomic mass is 9.98. The largest absolute Gasteiger partial charge is 0.465 e. The third-order valence-corrected chi connectivity index (χ3v) is 3.73. The fourth-order valence-corrected chi connectivity index (χ4v) is 2.62. The van der Waals surface area contributed by atoms with Gasteiger partial charge in [-0.2, -0.15) is 0 Å². The molecule has 0 bridgehead atoms. The van der Waals surface area contributed by atoms with Gasteiger partial charge in [-0.15, -0.1) is 0 Å². The molecule has 0 radical (unpaired) electrons. The number of pyridine rings is 1. The van der Waals surface area contributed by atoms with Gasteiger partial charge < -0.3 is 9.84 Å². The number of carbonyl (C=O) groups is 1. The van der Waals surface area contributed by atoms with Crippen molar-refractivity contribution in [3.63, 3.8) is 0 Å². The van der Waals surface area contributed by atoms with Crippen LogP contribution in [0.2, 0.25) is 0 Å². The Morgan fingerprint density at radius 3 is 2.87 bits per heavy atom. The second-order valence-electron chi connectivity index (χ2n) is 5.64. The Morgan fingerprint density at radius 1 is 1.30 bits per heavy atom. The molecule has 2 heterocycles. The molecule has 1 N–H and O–H groups in total. The molecule has 3 rings (SSSR count). The number of carboxylic acid groups (broad SMARTS) is 1. The van der Waals surface area contributed by atoms with Crippen molar-refractivity contribution in [1.82, 2.24) is 9.88 Å². The molecule has 0 saturated carbocycles. The molecule has 23 heavy (non-hydrogen) atoms. The molecule has 5 heteroatoms. The SMILES string of the molecule is C[C@H]1CC=C(c2cccc(Oc3cccnc3)c2)N(C(=O)O)C1. The molecule has 1 aliphatic rings. The number of nitrogens with zero attached hydrogens (tertiary/aromatic N) is 2. The van der Waals surface area contributed by atoms with E-state index in [9.17, 15) is 9.90 Å². The van der Waals surface area contributed by atoms with Crippen LogP contribution < -0.4 is 4.74 Å². The highest BCUT2D eigenvalue weighted by atomic mass is 16.5. The molecule has 1 aromatic heterocycles. The summed E-state index contributed by atoms with van der Waals surface area (Å²) in [5, 5.41) is 9.44. The van der Waals surface area contributed by atoms with E-state index >= 15 is 0 Å². The molecule has 1 amide bonds. The Balaban J connectivity index is 1.88. The lowest BCUT2D eigenvalue weighted by molar-refractivity contribution is 0.159. The molecule has 0 spiro atoms. The van der Waals surface area contributed by atoms with Crippen molar-refractivity contribution < 1.29 is 14.6 Å². The summed E-state index contributed by atoms with van der Waals surface area (Å²) in [6.07, 6.45) is 5.24. The highest BCUT2D eigenvalue weighted by Crippen LogP contribution is 2.30. The summed E-state index contributed by atoms with van der Waals surface area (Å²) in [7, 11) is 0. The number of benzene rings is 1. The Morgan fingerprint density at radius 2 is 2.13 bits per heavy atom. The van der Waals surface area contributed by atoms with Gasteiger partial charge in [0, 0.05) is 18.3 Å². The summed E-state index contributed by atoms with van der Waals surface area (Å²) in [4.78, 5) is 16.9. The summed E-state index contributed by atoms with van der Waals surface area (Å²) in [5.41, 5.74) is 1.55. The van der Waals surface area contributed by atoms with Crippen molar-refractivity contribution >= 4 is 11.8 Å². The normalized spacial score (nSPS) is 17.5. The third kappa shape index (κ3) is 3.51. The van der Waals surface area contributed by atoms with Gasteiger partial charge in [-0.05, 0) is 36.6 Å². The van der Waals surface area contributed by atoms with Gasteiger partial charge in [0.25, 0.3) is 0 Å². The van der Waals surface area contributed by atoms with Crippen molar-refractivity contribution in [2.75, 3.05) is 6.54 Å². The number of allylic oxidation sites excluding steroid dienone is 1. The van der Waals surface area contributed by atoms with Crippen molar-refractivity contribution in [2.45, 2.75) is 13.3 Å². The van der Waals surface area contributed by atoms with E-state index in [1.54, 1.807) is 18.5 Å². The number of hydrogen-bond acceptors (Lipinski definition) is 3. The minimum Gasteiger partial charge on any atom is -0.465 e. The topological polar surface area (TPSA) is 62.7 Å². The summed E-state index contributed by atoms with van der Waals surface area (Å²) in [6.45, 7) is 2.56. The number of aromatic nitrogens is 1. The van der Waals surface area contributed by atoms with E-state index in [1.165, 1.54) is 4.90 Å². The molecule has 0 saturated heterocycles. The van der Waals surface area contributed by atoms with Gasteiger partial charge in [-0.1, -0.05) is 25.1 Å². The Labute approximate surface area is 134 Å². The first-order chi connectivity index (χ1) is 11.1. The van der Waals surface area contributed by atoms with Crippen LogP contribution in [0.4, 0.5) is 4.79 Å². The highest BCUT2D eigenvalue weighted by Gasteiger charge is 2.24. The lowest BCUT2D eigenvalue weighted by Crippen LogP contribution is -2.34. The number of ether oxygens (including phenoxy) is 1. The Hall–Kier alpha value is -2.82. The van der Waals surface area contributed by atoms with Crippen LogP contribution in [0.3, 0.4) is 0 Å². The molecule has 0 unspecified atom stereocenters. The molecule has 0 fully saturated rings. The average Bonchev–Trinajstić information content (AvgIpc) is 2.56. The van der Waals surface area contributed by atoms with Crippen molar-refractivity contribution in [3.8, 4) is 11.5 Å². The lowest BCUT2D eigenvalue weighted by Gasteiger charge is -2.30. The zero-order chi connectivity index (χ0) is 16.2. The minimum atomic E-state index is -0.929. The maximum Gasteiger partial charge on any atom is 0.411 e. The smallest absolute Gasteiger partial charge is 0.411 e. The van der Waals surface area contributed by atoms with Crippen LogP contribution in [0.5, 0.6) is 11.5 Å². The summed E-state index contributed by atoms with van der Waals surface area (Å²) in [5.74, 6) is 1.62. The monoisotopic (exact) mass is 310 g/mol. The zero-order valence-electron chi connectivity index (χ0n) is 12.8. The minimum absolute atomic E-state index is 0.324. The molecule has 2 aromatic rings. The van der Waals surface area contributed by atoms with Crippen LogP contribution in [0.1, 0.15) is 18.9 Å². The van der Waals surface area contributed by atoms with E-state index in [1.807, 2.05) is 43.3 Å². The van der Waals surface area contributed by atoms with E-state index < -0.39 is 6.09 Å². The second kappa shape index (κ2) is 6.52. The van der Waals surface area contributed by atoms with Crippen LogP contribution in [-0.2, 0) is 0 Å². The predicted molar refractivity (Wildman–Crippen MR) is 87.2 cm³/mol. The first kappa shape index (κ1) is 15.1. The molecule has 118 valence electrons. The fraction of sp³-hybridized carbons (Fsp3) is 0.222. The molecular weight excluding hydrogens is 292 g/mol. The van der Waals surface area contributed by atoms with Gasteiger partial charge in [-0.3, -0.25) is 9.88 Å². The van der Waals surface area contributed by atoms with Crippen molar-refractivity contribution in [3.05, 3.63) is 60.4 Å². The molecular formula is C18H18N2O3. The maximum absolute atomic E-state index is 11.5. The maximum atomic E-state index is 11.5. The van der Waals surface area contributed by atoms with Gasteiger partial charge in [0.05, 0.1) is 11.9 Å². The van der Waals surface area contributed by atoms with Crippen molar-refractivity contribution in [2.24, 2.45) is 5.92 Å². The van der Waals surface area contributed by atoms with Crippen LogP contribution in [0, 0.1) is 5.92 Å². The van der Waals surface area contributed by atoms with E-state index in [-0.39, 0.29) is 0 Å². The van der Waals surface area contributed by atoms with Gasteiger partial charge >= 0.3 is 6.09 Å². The van der Waals surface area contributed by atoms with Crippen LogP contribution in [-0.4, -0.2) is 27.6 Å². The average molecular weight is 310 g/mol. The molecule has 5 nitrogen and oxygen atoms in total. The second-order valence-corrected chi connectivity index (χ2v) is 5.64. The van der Waals surface area contributed by atoms with Crippen LogP contribution in [0.25, 0.3) is 5.70 Å². The Kier molecular flexibility index (Phi) is 4.28. The van der Waals surface area contributed by atoms with Crippen LogP contribution >= 0.6 is 0 Å². The zero-order valence-corrected chi connectivity index (χ0v) is 12.8. The first-order valence-corrected chi connectivity index (χ1v) is 7.52. The number of rotatable bonds is 3. The highest BCUT2D eigenvalue weighted by molar-refractivity contribution is 5.81. The fourth-order valence-electron chi connectivity index (χ4n) is 2.62. The summed E-state index contributed by atoms with van der Waals surface area (Å²) in [6, 6.07) is 11.1. The Bertz CT molecular complexity index is 728.